The van der Waals surface area contributed by atoms with Gasteiger partial charge in [-0.1, -0.05) is 38.1 Å². The summed E-state index contributed by atoms with van der Waals surface area (Å²) in [6.45, 7) is 5.50. The molecule has 0 aliphatic heterocycles. The van der Waals surface area contributed by atoms with E-state index in [1.165, 1.54) is 35.7 Å². The van der Waals surface area contributed by atoms with E-state index in [1.54, 1.807) is 0 Å². The molecule has 2 N–H and O–H groups in total. The van der Waals surface area contributed by atoms with Gasteiger partial charge in [-0.05, 0) is 61.1 Å². The second-order valence-corrected chi connectivity index (χ2v) is 6.84. The summed E-state index contributed by atoms with van der Waals surface area (Å²) < 4.78 is 0. The minimum Gasteiger partial charge on any atom is -0.330 e. The molecule has 0 radical (unpaired) electrons. The molecule has 0 amide bonds. The van der Waals surface area contributed by atoms with Crippen molar-refractivity contribution in [2.24, 2.45) is 23.5 Å². The van der Waals surface area contributed by atoms with Crippen molar-refractivity contribution in [3.63, 3.8) is 0 Å². The van der Waals surface area contributed by atoms with Gasteiger partial charge < -0.3 is 5.73 Å². The van der Waals surface area contributed by atoms with Crippen LogP contribution in [0.15, 0.2) is 36.5 Å². The van der Waals surface area contributed by atoms with Crippen LogP contribution in [0.4, 0.5) is 0 Å². The van der Waals surface area contributed by atoms with Crippen molar-refractivity contribution >= 4 is 10.9 Å². The van der Waals surface area contributed by atoms with Crippen molar-refractivity contribution in [1.82, 2.24) is 4.98 Å². The SMILES string of the molecule is CC(C)C1CCC(CN)C(c2cccc3cccnc23)C1. The van der Waals surface area contributed by atoms with E-state index < -0.39 is 0 Å². The zero-order chi connectivity index (χ0) is 14.8. The standard InChI is InChI=1S/C19H26N2/c1-13(2)15-8-9-16(12-20)18(11-15)17-7-3-5-14-6-4-10-21-19(14)17/h3-7,10,13,15-16,18H,8-9,11-12,20H2,1-2H3. The summed E-state index contributed by atoms with van der Waals surface area (Å²) in [6, 6.07) is 10.8. The Labute approximate surface area is 127 Å². The Morgan fingerprint density at radius 2 is 2.00 bits per heavy atom. The van der Waals surface area contributed by atoms with Gasteiger partial charge in [-0.3, -0.25) is 4.98 Å². The molecule has 1 aliphatic carbocycles. The van der Waals surface area contributed by atoms with Gasteiger partial charge in [0.15, 0.2) is 0 Å². The second-order valence-electron chi connectivity index (χ2n) is 6.84. The summed E-state index contributed by atoms with van der Waals surface area (Å²) in [5.74, 6) is 2.74. The molecule has 1 heterocycles. The molecule has 0 saturated heterocycles. The molecule has 3 atom stereocenters. The van der Waals surface area contributed by atoms with Gasteiger partial charge in [0, 0.05) is 11.6 Å². The van der Waals surface area contributed by atoms with Gasteiger partial charge in [-0.15, -0.1) is 0 Å². The number of hydrogen-bond donors (Lipinski definition) is 1. The van der Waals surface area contributed by atoms with Crippen LogP contribution in [-0.4, -0.2) is 11.5 Å². The first kappa shape index (κ1) is 14.5. The van der Waals surface area contributed by atoms with Crippen LogP contribution in [0, 0.1) is 17.8 Å². The molecule has 0 bridgehead atoms. The van der Waals surface area contributed by atoms with Gasteiger partial charge in [0.25, 0.3) is 0 Å². The van der Waals surface area contributed by atoms with Gasteiger partial charge in [-0.2, -0.15) is 0 Å². The summed E-state index contributed by atoms with van der Waals surface area (Å²) in [7, 11) is 0. The lowest BCUT2D eigenvalue weighted by Crippen LogP contribution is -2.31. The summed E-state index contributed by atoms with van der Waals surface area (Å²) in [5.41, 5.74) is 8.66. The highest BCUT2D eigenvalue weighted by molar-refractivity contribution is 5.82. The Morgan fingerprint density at radius 1 is 1.19 bits per heavy atom. The average Bonchev–Trinajstić information content (AvgIpc) is 2.53. The van der Waals surface area contributed by atoms with E-state index in [0.29, 0.717) is 11.8 Å². The molecule has 3 unspecified atom stereocenters. The quantitative estimate of drug-likeness (QED) is 0.909. The minimum atomic E-state index is 0.565. The van der Waals surface area contributed by atoms with Crippen LogP contribution in [0.5, 0.6) is 0 Å². The molecule has 1 aromatic heterocycles. The summed E-state index contributed by atoms with van der Waals surface area (Å²) >= 11 is 0. The molecule has 3 rings (SSSR count). The fraction of sp³-hybridized carbons (Fsp3) is 0.526. The zero-order valence-corrected chi connectivity index (χ0v) is 13.1. The largest absolute Gasteiger partial charge is 0.330 e. The van der Waals surface area contributed by atoms with Crippen LogP contribution >= 0.6 is 0 Å². The Hall–Kier alpha value is -1.41. The number of rotatable bonds is 3. The topological polar surface area (TPSA) is 38.9 Å². The average molecular weight is 282 g/mol. The van der Waals surface area contributed by atoms with E-state index in [2.05, 4.69) is 43.1 Å². The molecular weight excluding hydrogens is 256 g/mol. The lowest BCUT2D eigenvalue weighted by Gasteiger charge is -2.38. The molecule has 1 saturated carbocycles. The van der Waals surface area contributed by atoms with E-state index in [0.717, 1.165) is 18.4 Å². The normalized spacial score (nSPS) is 26.4. The zero-order valence-electron chi connectivity index (χ0n) is 13.1. The molecule has 2 heteroatoms. The van der Waals surface area contributed by atoms with Gasteiger partial charge in [0.2, 0.25) is 0 Å². The lowest BCUT2D eigenvalue weighted by molar-refractivity contribution is 0.198. The van der Waals surface area contributed by atoms with E-state index in [4.69, 9.17) is 5.73 Å². The second kappa shape index (κ2) is 6.15. The number of fused-ring (bicyclic) bond motifs is 1. The molecule has 1 aliphatic rings. The summed E-state index contributed by atoms with van der Waals surface area (Å²) in [4.78, 5) is 4.65. The molecule has 0 spiro atoms. The number of nitrogens with two attached hydrogens (primary N) is 1. The maximum absolute atomic E-state index is 6.08. The van der Waals surface area contributed by atoms with Gasteiger partial charge in [0.1, 0.15) is 0 Å². The molecule has 1 aromatic carbocycles. The maximum Gasteiger partial charge on any atom is 0.0736 e. The Morgan fingerprint density at radius 3 is 2.76 bits per heavy atom. The van der Waals surface area contributed by atoms with Crippen LogP contribution < -0.4 is 5.73 Å². The number of para-hydroxylation sites is 1. The monoisotopic (exact) mass is 282 g/mol. The Bertz CT molecular complexity index is 600. The minimum absolute atomic E-state index is 0.565. The van der Waals surface area contributed by atoms with E-state index in [1.807, 2.05) is 12.3 Å². The third kappa shape index (κ3) is 2.82. The van der Waals surface area contributed by atoms with E-state index in [-0.39, 0.29) is 0 Å². The van der Waals surface area contributed by atoms with Gasteiger partial charge in [-0.25, -0.2) is 0 Å². The predicted molar refractivity (Wildman–Crippen MR) is 89.2 cm³/mol. The van der Waals surface area contributed by atoms with Crippen LogP contribution in [0.2, 0.25) is 0 Å². The number of aromatic nitrogens is 1. The van der Waals surface area contributed by atoms with Gasteiger partial charge in [0.05, 0.1) is 5.52 Å². The van der Waals surface area contributed by atoms with E-state index >= 15 is 0 Å². The van der Waals surface area contributed by atoms with Crippen molar-refractivity contribution in [1.29, 1.82) is 0 Å². The first-order valence-electron chi connectivity index (χ1n) is 8.24. The van der Waals surface area contributed by atoms with Crippen molar-refractivity contribution in [3.05, 3.63) is 42.1 Å². The Balaban J connectivity index is 2.01. The summed E-state index contributed by atoms with van der Waals surface area (Å²) in [5, 5.41) is 1.25. The number of hydrogen-bond acceptors (Lipinski definition) is 2. The molecule has 21 heavy (non-hydrogen) atoms. The number of benzene rings is 1. The smallest absolute Gasteiger partial charge is 0.0736 e. The van der Waals surface area contributed by atoms with E-state index in [9.17, 15) is 0 Å². The first-order valence-corrected chi connectivity index (χ1v) is 8.24. The van der Waals surface area contributed by atoms with Crippen LogP contribution in [0.1, 0.15) is 44.6 Å². The molecule has 112 valence electrons. The van der Waals surface area contributed by atoms with Crippen molar-refractivity contribution < 1.29 is 0 Å². The molecule has 1 fully saturated rings. The number of nitrogens with zero attached hydrogens (tertiary/aromatic N) is 1. The molecule has 2 nitrogen and oxygen atoms in total. The first-order chi connectivity index (χ1) is 10.2. The third-order valence-electron chi connectivity index (χ3n) is 5.34. The van der Waals surface area contributed by atoms with Crippen molar-refractivity contribution in [2.75, 3.05) is 6.54 Å². The van der Waals surface area contributed by atoms with Crippen LogP contribution in [-0.2, 0) is 0 Å². The summed E-state index contributed by atoms with van der Waals surface area (Å²) in [6.07, 6.45) is 5.75. The van der Waals surface area contributed by atoms with Crippen molar-refractivity contribution in [3.8, 4) is 0 Å². The highest BCUT2D eigenvalue weighted by atomic mass is 14.7. The Kier molecular flexibility index (Phi) is 4.25. The molecule has 2 aromatic rings. The lowest BCUT2D eigenvalue weighted by atomic mass is 9.68. The highest BCUT2D eigenvalue weighted by Gasteiger charge is 2.32. The van der Waals surface area contributed by atoms with Crippen LogP contribution in [0.25, 0.3) is 10.9 Å². The van der Waals surface area contributed by atoms with Crippen LogP contribution in [0.3, 0.4) is 0 Å². The van der Waals surface area contributed by atoms with Gasteiger partial charge >= 0.3 is 0 Å². The predicted octanol–water partition coefficient (Wildman–Crippen LogP) is 4.35. The molecular formula is C19H26N2. The third-order valence-corrected chi connectivity index (χ3v) is 5.34. The fourth-order valence-electron chi connectivity index (χ4n) is 3.96. The highest BCUT2D eigenvalue weighted by Crippen LogP contribution is 2.44. The fourth-order valence-corrected chi connectivity index (χ4v) is 3.96. The number of pyridine rings is 1. The van der Waals surface area contributed by atoms with Crippen molar-refractivity contribution in [2.45, 2.75) is 39.0 Å². The maximum atomic E-state index is 6.08.